The van der Waals surface area contributed by atoms with Crippen LogP contribution in [0.4, 0.5) is 19.7 Å². The molecule has 35 heavy (non-hydrogen) atoms. The largest absolute Gasteiger partial charge is 0.443 e. The van der Waals surface area contributed by atoms with E-state index in [4.69, 9.17) is 18.8 Å². The zero-order valence-corrected chi connectivity index (χ0v) is 21.9. The van der Waals surface area contributed by atoms with Crippen LogP contribution in [-0.4, -0.2) is 43.4 Å². The van der Waals surface area contributed by atoms with E-state index in [2.05, 4.69) is 10.3 Å². The van der Waals surface area contributed by atoms with E-state index in [1.165, 1.54) is 0 Å². The second-order valence-corrected chi connectivity index (χ2v) is 12.2. The van der Waals surface area contributed by atoms with Gasteiger partial charge in [-0.1, -0.05) is 10.3 Å². The van der Waals surface area contributed by atoms with Crippen molar-refractivity contribution in [1.82, 2.24) is 5.16 Å². The Kier molecular flexibility index (Phi) is 7.00. The van der Waals surface area contributed by atoms with E-state index in [1.54, 1.807) is 41.5 Å². The average molecular weight is 512 g/mol. The summed E-state index contributed by atoms with van der Waals surface area (Å²) >= 11 is 0. The van der Waals surface area contributed by atoms with E-state index in [-0.39, 0.29) is 22.4 Å². The lowest BCUT2D eigenvalue weighted by molar-refractivity contribution is 0.0123. The van der Waals surface area contributed by atoms with E-state index in [1.807, 2.05) is 13.8 Å². The third-order valence-electron chi connectivity index (χ3n) is 4.51. The Bertz CT molecular complexity index is 1180. The molecular weight excluding hydrogens is 481 g/mol. The number of aromatic nitrogens is 1. The molecule has 2 amide bonds. The molecule has 2 heterocycles. The van der Waals surface area contributed by atoms with Crippen LogP contribution in [0.2, 0.25) is 0 Å². The average Bonchev–Trinajstić information content (AvgIpc) is 3.22. The molecule has 2 aromatic rings. The normalized spacial score (nSPS) is 16.4. The first kappa shape index (κ1) is 26.6. The quantitative estimate of drug-likeness (QED) is 0.537. The van der Waals surface area contributed by atoms with Gasteiger partial charge in [-0.15, -0.1) is 0 Å². The van der Waals surface area contributed by atoms with Gasteiger partial charge in [0.05, 0.1) is 22.2 Å². The minimum atomic E-state index is -1.56. The van der Waals surface area contributed by atoms with Crippen molar-refractivity contribution in [3.8, 4) is 0 Å². The van der Waals surface area contributed by atoms with Gasteiger partial charge in [-0.25, -0.2) is 14.0 Å². The summed E-state index contributed by atoms with van der Waals surface area (Å²) in [4.78, 5) is 31.4. The highest BCUT2D eigenvalue weighted by Gasteiger charge is 2.36. The number of rotatable bonds is 3. The Morgan fingerprint density at radius 3 is 2.17 bits per heavy atom. The molecule has 1 aliphatic rings. The van der Waals surface area contributed by atoms with Crippen molar-refractivity contribution in [1.29, 1.82) is 0 Å². The fourth-order valence-corrected chi connectivity index (χ4v) is 4.34. The van der Waals surface area contributed by atoms with Crippen LogP contribution in [0.15, 0.2) is 21.8 Å². The lowest BCUT2D eigenvalue weighted by Gasteiger charge is -2.28. The second-order valence-electron chi connectivity index (χ2n) is 10.7. The number of benzene rings is 1. The Hall–Kier alpha value is -3.02. The molecule has 0 N–H and O–H groups in total. The molecule has 0 aliphatic carbocycles. The van der Waals surface area contributed by atoms with Crippen molar-refractivity contribution in [3.63, 3.8) is 0 Å². The number of anilines is 1. The fraction of sp³-hybridized carbons (Fsp3) is 0.565. The molecule has 0 saturated heterocycles. The predicted octanol–water partition coefficient (Wildman–Crippen LogP) is 5.40. The molecule has 0 radical (unpaired) electrons. The summed E-state index contributed by atoms with van der Waals surface area (Å²) in [5.41, 5.74) is -2.58. The molecule has 1 unspecified atom stereocenters. The number of fused-ring (bicyclic) bond motifs is 1. The van der Waals surface area contributed by atoms with Gasteiger partial charge < -0.3 is 18.8 Å². The molecule has 1 aliphatic heterocycles. The Labute approximate surface area is 205 Å². The number of ether oxygens (including phenoxy) is 2. The van der Waals surface area contributed by atoms with Crippen LogP contribution in [-0.2, 0) is 30.9 Å². The van der Waals surface area contributed by atoms with Gasteiger partial charge in [0.15, 0.2) is 5.58 Å². The van der Waals surface area contributed by atoms with Gasteiger partial charge in [0.25, 0.3) is 0 Å². The van der Waals surface area contributed by atoms with Gasteiger partial charge in [0, 0.05) is 17.9 Å². The van der Waals surface area contributed by atoms with E-state index in [0.29, 0.717) is 16.4 Å². The third kappa shape index (κ3) is 6.56. The first-order valence-electron chi connectivity index (χ1n) is 10.9. The third-order valence-corrected chi connectivity index (χ3v) is 5.79. The predicted molar refractivity (Wildman–Crippen MR) is 128 cm³/mol. The topological polar surface area (TPSA) is 121 Å². The van der Waals surface area contributed by atoms with Crippen LogP contribution in [0.1, 0.15) is 67.5 Å². The summed E-state index contributed by atoms with van der Waals surface area (Å²) < 4.78 is 44.0. The Morgan fingerprint density at radius 1 is 1.11 bits per heavy atom. The maximum Gasteiger partial charge on any atom is 0.424 e. The first-order valence-corrected chi connectivity index (χ1v) is 12.2. The van der Waals surface area contributed by atoms with Crippen LogP contribution in [0, 0.1) is 5.82 Å². The molecule has 0 saturated carbocycles. The molecule has 12 heteroatoms. The highest BCUT2D eigenvalue weighted by molar-refractivity contribution is 7.99. The summed E-state index contributed by atoms with van der Waals surface area (Å²) in [6.07, 6.45) is -1.85. The van der Waals surface area contributed by atoms with Crippen molar-refractivity contribution in [2.45, 2.75) is 84.4 Å². The van der Waals surface area contributed by atoms with E-state index in [0.717, 1.165) is 12.1 Å². The van der Waals surface area contributed by atoms with Gasteiger partial charge in [-0.2, -0.15) is 4.90 Å². The molecule has 192 valence electrons. The fourth-order valence-electron chi connectivity index (χ4n) is 3.09. The molecule has 3 rings (SSSR count). The van der Waals surface area contributed by atoms with Crippen molar-refractivity contribution < 1.29 is 37.0 Å². The van der Waals surface area contributed by atoms with Gasteiger partial charge in [-0.3, -0.25) is 4.21 Å². The van der Waals surface area contributed by atoms with Crippen LogP contribution in [0.3, 0.4) is 0 Å². The van der Waals surface area contributed by atoms with Crippen LogP contribution in [0.25, 0.3) is 11.0 Å². The molecule has 1 aromatic carbocycles. The molecular formula is C23H30FN3O7S. The van der Waals surface area contributed by atoms with Crippen LogP contribution >= 0.6 is 0 Å². The van der Waals surface area contributed by atoms with Crippen molar-refractivity contribution in [3.05, 3.63) is 23.6 Å². The number of hydrogen-bond acceptors (Lipinski definition) is 9. The number of halogens is 1. The Morgan fingerprint density at radius 2 is 1.69 bits per heavy atom. The van der Waals surface area contributed by atoms with Gasteiger partial charge in [0.1, 0.15) is 33.4 Å². The minimum absolute atomic E-state index is 0.0775. The zero-order valence-electron chi connectivity index (χ0n) is 21.1. The second kappa shape index (κ2) is 9.21. The monoisotopic (exact) mass is 511 g/mol. The zero-order chi connectivity index (χ0) is 26.3. The summed E-state index contributed by atoms with van der Waals surface area (Å²) in [6, 6.07) is 2.21. The van der Waals surface area contributed by atoms with Gasteiger partial charge >= 0.3 is 12.2 Å². The van der Waals surface area contributed by atoms with Crippen molar-refractivity contribution in [2.24, 2.45) is 5.16 Å². The summed E-state index contributed by atoms with van der Waals surface area (Å²) in [7, 11) is -1.56. The Balaban J connectivity index is 1.96. The van der Waals surface area contributed by atoms with E-state index < -0.39 is 51.3 Å². The number of carbonyl (C=O) groups excluding carboxylic acids is 2. The van der Waals surface area contributed by atoms with Crippen LogP contribution in [0.5, 0.6) is 0 Å². The minimum Gasteiger partial charge on any atom is -0.443 e. The molecule has 1 atom stereocenters. The SMILES string of the molecule is CC(C)(C)OC(=O)N(C(=O)OC(C)(C)C)c1cc2onc(CS(=O)C3=NOC(C)(C)C3)c2cc1F. The standard InChI is InChI=1S/C23H30FN3O7S/c1-21(2,3)31-19(28)27(20(29)32-22(4,5)6)16-10-17-13(9-14(16)24)15(25-33-17)12-35(30)18-11-23(7,8)34-26-18/h9-10H,11-12H2,1-8H3. The number of carbonyl (C=O) groups is 2. The number of nitrogens with zero attached hydrogens (tertiary/aromatic N) is 3. The van der Waals surface area contributed by atoms with Crippen molar-refractivity contribution >= 4 is 44.7 Å². The van der Waals surface area contributed by atoms with Gasteiger partial charge in [-0.05, 0) is 61.5 Å². The highest BCUT2D eigenvalue weighted by atomic mass is 32.2. The molecule has 10 nitrogen and oxygen atoms in total. The molecule has 1 aromatic heterocycles. The smallest absolute Gasteiger partial charge is 0.424 e. The summed E-state index contributed by atoms with van der Waals surface area (Å²) in [5.74, 6) is -1.00. The van der Waals surface area contributed by atoms with Crippen molar-refractivity contribution in [2.75, 3.05) is 4.90 Å². The molecule has 0 bridgehead atoms. The summed E-state index contributed by atoms with van der Waals surface area (Å²) in [5, 5.41) is 8.39. The van der Waals surface area contributed by atoms with E-state index >= 15 is 4.39 Å². The lowest BCUT2D eigenvalue weighted by Crippen LogP contribution is -2.44. The lowest BCUT2D eigenvalue weighted by atomic mass is 10.1. The van der Waals surface area contributed by atoms with E-state index in [9.17, 15) is 13.8 Å². The molecule has 0 fully saturated rings. The maximum atomic E-state index is 15.3. The van der Waals surface area contributed by atoms with Crippen LogP contribution < -0.4 is 4.90 Å². The number of amides is 2. The summed E-state index contributed by atoms with van der Waals surface area (Å²) in [6.45, 7) is 13.3. The first-order chi connectivity index (χ1) is 16.0. The number of oxime groups is 1. The highest BCUT2D eigenvalue weighted by Crippen LogP contribution is 2.32. The molecule has 0 spiro atoms. The number of imide groups is 1. The maximum absolute atomic E-state index is 15.3. The number of hydrogen-bond donors (Lipinski definition) is 0. The van der Waals surface area contributed by atoms with Gasteiger partial charge in [0.2, 0.25) is 0 Å².